The summed E-state index contributed by atoms with van der Waals surface area (Å²) in [5.41, 5.74) is 2.75. The predicted molar refractivity (Wildman–Crippen MR) is 93.6 cm³/mol. The van der Waals surface area contributed by atoms with E-state index in [0.717, 1.165) is 16.8 Å². The van der Waals surface area contributed by atoms with E-state index >= 15 is 0 Å². The van der Waals surface area contributed by atoms with Crippen LogP contribution in [0.5, 0.6) is 0 Å². The Hall–Kier alpha value is -2.44. The molecule has 0 saturated heterocycles. The number of carbonyl (C=O) groups excluding carboxylic acids is 1. The molecule has 3 nitrogen and oxygen atoms in total. The molecule has 0 aliphatic heterocycles. The molecular formula is C19H18ClNO2. The van der Waals surface area contributed by atoms with E-state index in [4.69, 9.17) is 16.3 Å². The Balaban J connectivity index is 2.19. The van der Waals surface area contributed by atoms with Gasteiger partial charge in [0, 0.05) is 16.3 Å². The number of halogens is 1. The van der Waals surface area contributed by atoms with Gasteiger partial charge in [-0.05, 0) is 50.2 Å². The van der Waals surface area contributed by atoms with Gasteiger partial charge in [0.1, 0.15) is 0 Å². The van der Waals surface area contributed by atoms with Crippen molar-refractivity contribution in [2.75, 3.05) is 11.9 Å². The normalized spacial score (nSPS) is 11.1. The topological polar surface area (TPSA) is 38.3 Å². The summed E-state index contributed by atoms with van der Waals surface area (Å²) in [5, 5.41) is 3.75. The first-order chi connectivity index (χ1) is 11.1. The molecule has 2 aromatic rings. The largest absolute Gasteiger partial charge is 0.464 e. The van der Waals surface area contributed by atoms with Crippen molar-refractivity contribution in [3.8, 4) is 11.8 Å². The molecule has 0 aliphatic rings. The summed E-state index contributed by atoms with van der Waals surface area (Å²) in [6, 6.07) is 14.2. The van der Waals surface area contributed by atoms with Gasteiger partial charge in [0.25, 0.3) is 0 Å². The average molecular weight is 328 g/mol. The fourth-order valence-corrected chi connectivity index (χ4v) is 2.01. The van der Waals surface area contributed by atoms with Crippen molar-refractivity contribution < 1.29 is 9.53 Å². The van der Waals surface area contributed by atoms with E-state index in [-0.39, 0.29) is 0 Å². The molecule has 2 rings (SSSR count). The van der Waals surface area contributed by atoms with E-state index in [1.807, 2.05) is 43.3 Å². The molecule has 118 valence electrons. The minimum Gasteiger partial charge on any atom is -0.464 e. The molecule has 0 amide bonds. The van der Waals surface area contributed by atoms with Gasteiger partial charge in [-0.15, -0.1) is 0 Å². The van der Waals surface area contributed by atoms with E-state index in [9.17, 15) is 4.79 Å². The van der Waals surface area contributed by atoms with Gasteiger partial charge < -0.3 is 10.1 Å². The first-order valence-electron chi connectivity index (χ1n) is 7.35. The summed E-state index contributed by atoms with van der Waals surface area (Å²) in [6.07, 6.45) is 0. The number of rotatable bonds is 4. The minimum absolute atomic E-state index is 0.313. The number of benzene rings is 2. The van der Waals surface area contributed by atoms with Crippen LogP contribution >= 0.6 is 11.6 Å². The van der Waals surface area contributed by atoms with Gasteiger partial charge in [0.15, 0.2) is 6.04 Å². The average Bonchev–Trinajstić information content (AvgIpc) is 2.55. The van der Waals surface area contributed by atoms with Crippen molar-refractivity contribution in [1.29, 1.82) is 0 Å². The van der Waals surface area contributed by atoms with Crippen LogP contribution in [-0.2, 0) is 9.53 Å². The standard InChI is InChI=1S/C19H18ClNO2/c1-3-23-19(22)18(21-17-11-4-14(2)5-12-17)13-8-15-6-9-16(20)10-7-15/h4-7,9-12,18,21H,3H2,1-2H3/t18-/m1/s1. The Morgan fingerprint density at radius 1 is 1.17 bits per heavy atom. The van der Waals surface area contributed by atoms with Crippen molar-refractivity contribution in [3.63, 3.8) is 0 Å². The monoisotopic (exact) mass is 327 g/mol. The van der Waals surface area contributed by atoms with Gasteiger partial charge in [-0.3, -0.25) is 0 Å². The highest BCUT2D eigenvalue weighted by molar-refractivity contribution is 6.30. The molecular weight excluding hydrogens is 310 g/mol. The van der Waals surface area contributed by atoms with Gasteiger partial charge in [0.05, 0.1) is 6.61 Å². The highest BCUT2D eigenvalue weighted by Gasteiger charge is 2.16. The number of aryl methyl sites for hydroxylation is 1. The maximum Gasteiger partial charge on any atom is 0.341 e. The maximum atomic E-state index is 12.1. The molecule has 0 bridgehead atoms. The van der Waals surface area contributed by atoms with Crippen molar-refractivity contribution in [2.45, 2.75) is 19.9 Å². The zero-order valence-electron chi connectivity index (χ0n) is 13.1. The number of nitrogens with one attached hydrogen (secondary N) is 1. The van der Waals surface area contributed by atoms with Crippen LogP contribution in [0.3, 0.4) is 0 Å². The van der Waals surface area contributed by atoms with Crippen LogP contribution < -0.4 is 5.32 Å². The lowest BCUT2D eigenvalue weighted by molar-refractivity contribution is -0.142. The number of hydrogen-bond donors (Lipinski definition) is 1. The molecule has 0 aromatic heterocycles. The summed E-state index contributed by atoms with van der Waals surface area (Å²) in [5.74, 6) is 5.50. The number of esters is 1. The first kappa shape index (κ1) is 16.9. The second kappa shape index (κ2) is 8.26. The van der Waals surface area contributed by atoms with Crippen molar-refractivity contribution in [1.82, 2.24) is 0 Å². The van der Waals surface area contributed by atoms with Crippen LogP contribution in [0.15, 0.2) is 48.5 Å². The summed E-state index contributed by atoms with van der Waals surface area (Å²) < 4.78 is 5.08. The Labute approximate surface area is 141 Å². The number of anilines is 1. The highest BCUT2D eigenvalue weighted by Crippen LogP contribution is 2.11. The van der Waals surface area contributed by atoms with E-state index in [2.05, 4.69) is 17.2 Å². The molecule has 23 heavy (non-hydrogen) atoms. The van der Waals surface area contributed by atoms with Crippen LogP contribution in [0.25, 0.3) is 0 Å². The quantitative estimate of drug-likeness (QED) is 0.680. The fraction of sp³-hybridized carbons (Fsp3) is 0.211. The van der Waals surface area contributed by atoms with Gasteiger partial charge in [0.2, 0.25) is 0 Å². The highest BCUT2D eigenvalue weighted by atomic mass is 35.5. The zero-order chi connectivity index (χ0) is 16.7. The second-order valence-corrected chi connectivity index (χ2v) is 5.41. The Morgan fingerprint density at radius 3 is 2.43 bits per heavy atom. The third kappa shape index (κ3) is 5.36. The molecule has 1 atom stereocenters. The van der Waals surface area contributed by atoms with Gasteiger partial charge in [-0.1, -0.05) is 41.1 Å². The number of carbonyl (C=O) groups is 1. The lowest BCUT2D eigenvalue weighted by Crippen LogP contribution is -2.30. The third-order valence-electron chi connectivity index (χ3n) is 3.09. The fourth-order valence-electron chi connectivity index (χ4n) is 1.88. The number of ether oxygens (including phenoxy) is 1. The molecule has 0 spiro atoms. The molecule has 1 N–H and O–H groups in total. The van der Waals surface area contributed by atoms with Crippen molar-refractivity contribution in [3.05, 3.63) is 64.7 Å². The van der Waals surface area contributed by atoms with E-state index in [1.165, 1.54) is 0 Å². The van der Waals surface area contributed by atoms with E-state index in [1.54, 1.807) is 19.1 Å². The van der Waals surface area contributed by atoms with Gasteiger partial charge >= 0.3 is 5.97 Å². The second-order valence-electron chi connectivity index (χ2n) is 4.97. The SMILES string of the molecule is CCOC(=O)[C@@H](C#Cc1ccc(Cl)cc1)Nc1ccc(C)cc1. The Morgan fingerprint density at radius 2 is 1.83 bits per heavy atom. The zero-order valence-corrected chi connectivity index (χ0v) is 13.9. The van der Waals surface area contributed by atoms with Crippen molar-refractivity contribution >= 4 is 23.3 Å². The van der Waals surface area contributed by atoms with Crippen LogP contribution in [0.4, 0.5) is 5.69 Å². The Kier molecular flexibility index (Phi) is 6.08. The smallest absolute Gasteiger partial charge is 0.341 e. The molecule has 0 heterocycles. The summed E-state index contributed by atoms with van der Waals surface area (Å²) >= 11 is 5.85. The third-order valence-corrected chi connectivity index (χ3v) is 3.34. The minimum atomic E-state index is -0.728. The first-order valence-corrected chi connectivity index (χ1v) is 7.73. The number of hydrogen-bond acceptors (Lipinski definition) is 3. The van der Waals surface area contributed by atoms with Crippen molar-refractivity contribution in [2.24, 2.45) is 0 Å². The predicted octanol–water partition coefficient (Wildman–Crippen LogP) is 4.04. The van der Waals surface area contributed by atoms with Crippen LogP contribution in [0, 0.1) is 18.8 Å². The Bertz CT molecular complexity index is 712. The summed E-state index contributed by atoms with van der Waals surface area (Å²) in [4.78, 5) is 12.1. The van der Waals surface area contributed by atoms with Crippen LogP contribution in [0.1, 0.15) is 18.1 Å². The molecule has 0 radical (unpaired) electrons. The van der Waals surface area contributed by atoms with Crippen LogP contribution in [0.2, 0.25) is 5.02 Å². The molecule has 0 aliphatic carbocycles. The summed E-state index contributed by atoms with van der Waals surface area (Å²) in [7, 11) is 0. The van der Waals surface area contributed by atoms with Gasteiger partial charge in [-0.2, -0.15) is 0 Å². The van der Waals surface area contributed by atoms with Crippen LogP contribution in [-0.4, -0.2) is 18.6 Å². The molecule has 4 heteroatoms. The van der Waals surface area contributed by atoms with Gasteiger partial charge in [-0.25, -0.2) is 4.79 Å². The van der Waals surface area contributed by atoms with E-state index < -0.39 is 12.0 Å². The lowest BCUT2D eigenvalue weighted by Gasteiger charge is -2.13. The molecule has 0 saturated carbocycles. The molecule has 2 aromatic carbocycles. The lowest BCUT2D eigenvalue weighted by atomic mass is 10.2. The van der Waals surface area contributed by atoms with E-state index in [0.29, 0.717) is 11.6 Å². The maximum absolute atomic E-state index is 12.1. The molecule has 0 unspecified atom stereocenters. The summed E-state index contributed by atoms with van der Waals surface area (Å²) in [6.45, 7) is 4.09. The molecule has 0 fully saturated rings.